The molecule has 3 rings (SSSR count). The van der Waals surface area contributed by atoms with Gasteiger partial charge in [0, 0.05) is 24.2 Å². The highest BCUT2D eigenvalue weighted by molar-refractivity contribution is 7.98. The van der Waals surface area contributed by atoms with Gasteiger partial charge in [-0.05, 0) is 62.8 Å². The number of piperidine rings is 1. The van der Waals surface area contributed by atoms with Gasteiger partial charge >= 0.3 is 0 Å². The van der Waals surface area contributed by atoms with E-state index in [-0.39, 0.29) is 5.91 Å². The number of amides is 1. The van der Waals surface area contributed by atoms with Gasteiger partial charge in [0.2, 0.25) is 0 Å². The topological polar surface area (TPSA) is 33.2 Å². The Kier molecular flexibility index (Phi) is 4.90. The summed E-state index contributed by atoms with van der Waals surface area (Å²) in [6.45, 7) is 5.78. The lowest BCUT2D eigenvalue weighted by Gasteiger charge is -2.33. The molecule has 0 N–H and O–H groups in total. The zero-order valence-electron chi connectivity index (χ0n) is 14.1. The molecule has 0 spiro atoms. The van der Waals surface area contributed by atoms with Crippen LogP contribution in [0.1, 0.15) is 34.5 Å². The number of carbonyl (C=O) groups is 1. The molecule has 1 saturated heterocycles. The number of hydrogen-bond acceptors (Lipinski definition) is 3. The highest BCUT2D eigenvalue weighted by Gasteiger charge is 2.25. The molecule has 0 saturated carbocycles. The van der Waals surface area contributed by atoms with Gasteiger partial charge in [-0.25, -0.2) is 0 Å². The monoisotopic (exact) mass is 328 g/mol. The van der Waals surface area contributed by atoms with E-state index in [0.29, 0.717) is 5.92 Å². The van der Waals surface area contributed by atoms with Crippen LogP contribution >= 0.6 is 11.8 Å². The van der Waals surface area contributed by atoms with E-state index in [1.807, 2.05) is 35.7 Å². The van der Waals surface area contributed by atoms with E-state index in [0.717, 1.165) is 53.0 Å². The summed E-state index contributed by atoms with van der Waals surface area (Å²) in [5.41, 5.74) is 3.79. The fraction of sp³-hybridized carbons (Fsp3) is 0.474. The Bertz CT molecular complexity index is 727. The zero-order chi connectivity index (χ0) is 16.4. The first-order valence-corrected chi connectivity index (χ1v) is 9.64. The fourth-order valence-corrected chi connectivity index (χ4v) is 4.18. The minimum atomic E-state index is 0.164. The molecule has 2 aromatic rings. The molecule has 122 valence electrons. The van der Waals surface area contributed by atoms with Crippen LogP contribution in [0, 0.1) is 19.8 Å². The van der Waals surface area contributed by atoms with Crippen molar-refractivity contribution < 1.29 is 4.79 Å². The first kappa shape index (κ1) is 16.3. The van der Waals surface area contributed by atoms with Crippen LogP contribution in [0.5, 0.6) is 0 Å². The quantitative estimate of drug-likeness (QED) is 0.851. The van der Waals surface area contributed by atoms with Gasteiger partial charge in [-0.1, -0.05) is 11.6 Å². The molecule has 1 aliphatic rings. The second-order valence-electron chi connectivity index (χ2n) is 6.55. The molecule has 1 aliphatic heterocycles. The van der Waals surface area contributed by atoms with Crippen molar-refractivity contribution in [2.45, 2.75) is 26.7 Å². The predicted octanol–water partition coefficient (Wildman–Crippen LogP) is 4.07. The SMILES string of the molecule is CSC[C@@H]1CCCN(C(=O)c2cc(C)nc3ccc(C)cc23)C1. The number of pyridine rings is 1. The summed E-state index contributed by atoms with van der Waals surface area (Å²) in [5.74, 6) is 1.93. The second kappa shape index (κ2) is 6.91. The zero-order valence-corrected chi connectivity index (χ0v) is 14.9. The van der Waals surface area contributed by atoms with Crippen molar-refractivity contribution in [3.63, 3.8) is 0 Å². The molecule has 0 unspecified atom stereocenters. The fourth-order valence-electron chi connectivity index (χ4n) is 3.44. The van der Waals surface area contributed by atoms with E-state index in [9.17, 15) is 4.79 Å². The van der Waals surface area contributed by atoms with E-state index >= 15 is 0 Å². The third-order valence-electron chi connectivity index (χ3n) is 4.53. The van der Waals surface area contributed by atoms with Crippen LogP contribution in [0.4, 0.5) is 0 Å². The maximum atomic E-state index is 13.1. The van der Waals surface area contributed by atoms with E-state index in [1.165, 1.54) is 6.42 Å². The first-order valence-electron chi connectivity index (χ1n) is 8.24. The molecule has 1 fully saturated rings. The molecule has 1 amide bonds. The number of carbonyl (C=O) groups excluding carboxylic acids is 1. The molecule has 1 aromatic carbocycles. The molecule has 3 nitrogen and oxygen atoms in total. The van der Waals surface area contributed by atoms with E-state index < -0.39 is 0 Å². The van der Waals surface area contributed by atoms with Gasteiger partial charge in [0.05, 0.1) is 11.1 Å². The molecule has 2 heterocycles. The summed E-state index contributed by atoms with van der Waals surface area (Å²) in [5, 5.41) is 0.979. The van der Waals surface area contributed by atoms with Gasteiger partial charge in [-0.3, -0.25) is 9.78 Å². The smallest absolute Gasteiger partial charge is 0.254 e. The summed E-state index contributed by atoms with van der Waals surface area (Å²) in [7, 11) is 0. The van der Waals surface area contributed by atoms with Crippen molar-refractivity contribution in [1.82, 2.24) is 9.88 Å². The number of thioether (sulfide) groups is 1. The Morgan fingerprint density at radius 1 is 1.35 bits per heavy atom. The Labute approximate surface area is 142 Å². The summed E-state index contributed by atoms with van der Waals surface area (Å²) in [6.07, 6.45) is 4.49. The molecular weight excluding hydrogens is 304 g/mol. The summed E-state index contributed by atoms with van der Waals surface area (Å²) < 4.78 is 0. The third-order valence-corrected chi connectivity index (χ3v) is 5.34. The summed E-state index contributed by atoms with van der Waals surface area (Å²) in [4.78, 5) is 19.7. The number of hydrogen-bond donors (Lipinski definition) is 0. The molecule has 0 aliphatic carbocycles. The molecular formula is C19H24N2OS. The first-order chi connectivity index (χ1) is 11.1. The van der Waals surface area contributed by atoms with Crippen molar-refractivity contribution >= 4 is 28.6 Å². The van der Waals surface area contributed by atoms with Gasteiger partial charge in [-0.15, -0.1) is 0 Å². The van der Waals surface area contributed by atoms with Crippen molar-refractivity contribution in [1.29, 1.82) is 0 Å². The number of rotatable bonds is 3. The number of aromatic nitrogens is 1. The molecule has 1 atom stereocenters. The third kappa shape index (κ3) is 3.52. The van der Waals surface area contributed by atoms with Crippen LogP contribution in [0.3, 0.4) is 0 Å². The molecule has 0 bridgehead atoms. The number of benzene rings is 1. The molecule has 4 heteroatoms. The van der Waals surface area contributed by atoms with Crippen LogP contribution in [0.15, 0.2) is 24.3 Å². The number of fused-ring (bicyclic) bond motifs is 1. The Hall–Kier alpha value is -1.55. The van der Waals surface area contributed by atoms with Crippen LogP contribution in [0.25, 0.3) is 10.9 Å². The molecule has 0 radical (unpaired) electrons. The van der Waals surface area contributed by atoms with E-state index in [2.05, 4.69) is 30.3 Å². The Morgan fingerprint density at radius 3 is 2.96 bits per heavy atom. The summed E-state index contributed by atoms with van der Waals surface area (Å²) in [6, 6.07) is 8.10. The van der Waals surface area contributed by atoms with Gasteiger partial charge in [0.25, 0.3) is 5.91 Å². The average molecular weight is 328 g/mol. The standard InChI is InChI=1S/C19H24N2OS/c1-13-6-7-18-16(9-13)17(10-14(2)20-18)19(22)21-8-4-5-15(11-21)12-23-3/h6-7,9-10,15H,4-5,8,11-12H2,1-3H3/t15-/m1/s1. The normalized spacial score (nSPS) is 18.4. The van der Waals surface area contributed by atoms with Crippen molar-refractivity contribution in [2.75, 3.05) is 25.1 Å². The van der Waals surface area contributed by atoms with Crippen molar-refractivity contribution in [3.05, 3.63) is 41.1 Å². The van der Waals surface area contributed by atoms with E-state index in [4.69, 9.17) is 0 Å². The molecule has 1 aromatic heterocycles. The minimum absolute atomic E-state index is 0.164. The maximum absolute atomic E-state index is 13.1. The minimum Gasteiger partial charge on any atom is -0.338 e. The molecule has 23 heavy (non-hydrogen) atoms. The van der Waals surface area contributed by atoms with Crippen LogP contribution in [-0.4, -0.2) is 40.9 Å². The maximum Gasteiger partial charge on any atom is 0.254 e. The van der Waals surface area contributed by atoms with Crippen LogP contribution in [-0.2, 0) is 0 Å². The lowest BCUT2D eigenvalue weighted by Crippen LogP contribution is -2.40. The lowest BCUT2D eigenvalue weighted by atomic mass is 9.98. The van der Waals surface area contributed by atoms with E-state index in [1.54, 1.807) is 0 Å². The average Bonchev–Trinajstić information content (AvgIpc) is 2.54. The van der Waals surface area contributed by atoms with Crippen molar-refractivity contribution in [3.8, 4) is 0 Å². The van der Waals surface area contributed by atoms with Gasteiger partial charge in [0.1, 0.15) is 0 Å². The Balaban J connectivity index is 1.95. The number of nitrogens with zero attached hydrogens (tertiary/aromatic N) is 2. The number of aryl methyl sites for hydroxylation is 2. The van der Waals surface area contributed by atoms with Gasteiger partial charge in [-0.2, -0.15) is 11.8 Å². The van der Waals surface area contributed by atoms with Gasteiger partial charge < -0.3 is 4.90 Å². The largest absolute Gasteiger partial charge is 0.338 e. The number of likely N-dealkylation sites (tertiary alicyclic amines) is 1. The second-order valence-corrected chi connectivity index (χ2v) is 7.46. The van der Waals surface area contributed by atoms with Crippen molar-refractivity contribution in [2.24, 2.45) is 5.92 Å². The Morgan fingerprint density at radius 2 is 2.17 bits per heavy atom. The predicted molar refractivity (Wildman–Crippen MR) is 98.2 cm³/mol. The van der Waals surface area contributed by atoms with Crippen LogP contribution < -0.4 is 0 Å². The highest BCUT2D eigenvalue weighted by Crippen LogP contribution is 2.25. The lowest BCUT2D eigenvalue weighted by molar-refractivity contribution is 0.0687. The highest BCUT2D eigenvalue weighted by atomic mass is 32.2. The summed E-state index contributed by atoms with van der Waals surface area (Å²) >= 11 is 1.88. The van der Waals surface area contributed by atoms with Gasteiger partial charge in [0.15, 0.2) is 0 Å². The van der Waals surface area contributed by atoms with Crippen LogP contribution in [0.2, 0.25) is 0 Å².